The van der Waals surface area contributed by atoms with Crippen LogP contribution in [0.4, 0.5) is 5.69 Å². The Morgan fingerprint density at radius 3 is 2.95 bits per heavy atom. The largest absolute Gasteiger partial charge is 0.342 e. The summed E-state index contributed by atoms with van der Waals surface area (Å²) in [6, 6.07) is 5.76. The average Bonchev–Trinajstić information content (AvgIpc) is 2.79. The number of imidazole rings is 1. The fourth-order valence-corrected chi connectivity index (χ4v) is 2.42. The highest BCUT2D eigenvalue weighted by atomic mass is 16.1. The number of carbonyl (C=O) groups is 1. The van der Waals surface area contributed by atoms with E-state index in [-0.39, 0.29) is 5.91 Å². The lowest BCUT2D eigenvalue weighted by Gasteiger charge is -2.22. The van der Waals surface area contributed by atoms with Crippen molar-refractivity contribution in [3.63, 3.8) is 0 Å². The van der Waals surface area contributed by atoms with Gasteiger partial charge in [0.25, 0.3) is 0 Å². The maximum Gasteiger partial charge on any atom is 0.248 e. The summed E-state index contributed by atoms with van der Waals surface area (Å²) in [6.45, 7) is 1.91. The predicted octanol–water partition coefficient (Wildman–Crippen LogP) is 3.90. The van der Waals surface area contributed by atoms with E-state index in [2.05, 4.69) is 15.3 Å². The molecule has 0 saturated heterocycles. The molecule has 0 atom stereocenters. The molecule has 2 aromatic rings. The number of fused-ring (bicyclic) bond motifs is 1. The minimum absolute atomic E-state index is 0.133. The molecule has 4 heteroatoms. The number of hydrogen-bond donors (Lipinski definition) is 2. The Hall–Kier alpha value is -2.36. The van der Waals surface area contributed by atoms with Crippen molar-refractivity contribution in [3.8, 4) is 0 Å². The molecule has 0 bridgehead atoms. The molecule has 1 amide bonds. The van der Waals surface area contributed by atoms with Crippen LogP contribution in [0.5, 0.6) is 0 Å². The summed E-state index contributed by atoms with van der Waals surface area (Å²) in [7, 11) is 0. The number of carbonyl (C=O) groups excluding carboxylic acids is 1. The number of benzene rings is 1. The summed E-state index contributed by atoms with van der Waals surface area (Å²) in [5, 5.41) is 2.85. The molecule has 0 radical (unpaired) electrons. The van der Waals surface area contributed by atoms with Crippen LogP contribution in [0.3, 0.4) is 0 Å². The van der Waals surface area contributed by atoms with Crippen molar-refractivity contribution in [2.24, 2.45) is 0 Å². The van der Waals surface area contributed by atoms with Crippen LogP contribution in [0.2, 0.25) is 0 Å². The van der Waals surface area contributed by atoms with Gasteiger partial charge in [-0.3, -0.25) is 4.79 Å². The first-order valence-corrected chi connectivity index (χ1v) is 7.36. The number of nitrogens with one attached hydrogen (secondary N) is 2. The molecule has 21 heavy (non-hydrogen) atoms. The SMILES string of the molecule is CC=CC=CC(=O)Nc1ccc2nc(C3CCC3)[nH]c2c1. The van der Waals surface area contributed by atoms with Crippen LogP contribution in [0.1, 0.15) is 37.9 Å². The molecule has 1 aliphatic rings. The number of hydrogen-bond acceptors (Lipinski definition) is 2. The topological polar surface area (TPSA) is 57.8 Å². The average molecular weight is 281 g/mol. The second-order valence-electron chi connectivity index (χ2n) is 5.36. The van der Waals surface area contributed by atoms with Gasteiger partial charge in [-0.25, -0.2) is 4.98 Å². The molecular weight excluding hydrogens is 262 g/mol. The van der Waals surface area contributed by atoms with Gasteiger partial charge in [-0.1, -0.05) is 24.6 Å². The standard InChI is InChI=1S/C17H19N3O/c1-2-3-4-8-16(21)18-13-9-10-14-15(11-13)20-17(19-14)12-6-5-7-12/h2-4,8-12H,5-7H2,1H3,(H,18,21)(H,19,20). The fraction of sp³-hybridized carbons (Fsp3) is 0.294. The Labute approximate surface area is 124 Å². The molecule has 2 N–H and O–H groups in total. The van der Waals surface area contributed by atoms with Crippen LogP contribution < -0.4 is 5.32 Å². The monoisotopic (exact) mass is 281 g/mol. The zero-order chi connectivity index (χ0) is 14.7. The quantitative estimate of drug-likeness (QED) is 0.659. The molecule has 4 nitrogen and oxygen atoms in total. The van der Waals surface area contributed by atoms with Crippen LogP contribution in [-0.4, -0.2) is 15.9 Å². The summed E-state index contributed by atoms with van der Waals surface area (Å²) in [6.07, 6.45) is 10.7. The van der Waals surface area contributed by atoms with Gasteiger partial charge in [0.2, 0.25) is 5.91 Å². The lowest BCUT2D eigenvalue weighted by Crippen LogP contribution is -2.10. The van der Waals surface area contributed by atoms with E-state index in [1.807, 2.05) is 37.3 Å². The third kappa shape index (κ3) is 3.05. The number of aromatic nitrogens is 2. The van der Waals surface area contributed by atoms with E-state index in [0.717, 1.165) is 22.5 Å². The summed E-state index contributed by atoms with van der Waals surface area (Å²) < 4.78 is 0. The van der Waals surface area contributed by atoms with Gasteiger partial charge in [0.05, 0.1) is 11.0 Å². The van der Waals surface area contributed by atoms with Gasteiger partial charge >= 0.3 is 0 Å². The summed E-state index contributed by atoms with van der Waals surface area (Å²) >= 11 is 0. The first-order chi connectivity index (χ1) is 10.3. The van der Waals surface area contributed by atoms with Gasteiger partial charge in [0.15, 0.2) is 0 Å². The second-order valence-corrected chi connectivity index (χ2v) is 5.36. The Morgan fingerprint density at radius 1 is 1.38 bits per heavy atom. The van der Waals surface area contributed by atoms with Crippen molar-refractivity contribution in [2.45, 2.75) is 32.1 Å². The van der Waals surface area contributed by atoms with Crippen molar-refractivity contribution in [3.05, 3.63) is 48.3 Å². The number of H-pyrrole nitrogens is 1. The lowest BCUT2D eigenvalue weighted by molar-refractivity contribution is -0.111. The summed E-state index contributed by atoms with van der Waals surface area (Å²) in [5.74, 6) is 1.53. The number of aromatic amines is 1. The van der Waals surface area contributed by atoms with Crippen molar-refractivity contribution in [2.75, 3.05) is 5.32 Å². The maximum absolute atomic E-state index is 11.7. The van der Waals surface area contributed by atoms with Gasteiger partial charge in [0, 0.05) is 17.7 Å². The minimum atomic E-state index is -0.133. The van der Waals surface area contributed by atoms with E-state index < -0.39 is 0 Å². The van der Waals surface area contributed by atoms with Crippen LogP contribution in [-0.2, 0) is 4.79 Å². The molecule has 1 fully saturated rings. The molecule has 1 aromatic carbocycles. The van der Waals surface area contributed by atoms with Gasteiger partial charge in [-0.05, 0) is 38.0 Å². The molecular formula is C17H19N3O. The Kier molecular flexibility index (Phi) is 3.86. The lowest BCUT2D eigenvalue weighted by atomic mass is 9.85. The highest BCUT2D eigenvalue weighted by Crippen LogP contribution is 2.35. The third-order valence-electron chi connectivity index (χ3n) is 3.81. The normalized spacial score (nSPS) is 15.9. The fourth-order valence-electron chi connectivity index (χ4n) is 2.42. The first-order valence-electron chi connectivity index (χ1n) is 7.36. The highest BCUT2D eigenvalue weighted by molar-refractivity contribution is 6.00. The highest BCUT2D eigenvalue weighted by Gasteiger charge is 2.22. The predicted molar refractivity (Wildman–Crippen MR) is 85.3 cm³/mol. The maximum atomic E-state index is 11.7. The van der Waals surface area contributed by atoms with Crippen molar-refractivity contribution in [1.29, 1.82) is 0 Å². The number of anilines is 1. The van der Waals surface area contributed by atoms with Crippen molar-refractivity contribution >= 4 is 22.6 Å². The second kappa shape index (κ2) is 5.95. The Balaban J connectivity index is 1.75. The van der Waals surface area contributed by atoms with Crippen molar-refractivity contribution in [1.82, 2.24) is 9.97 Å². The van der Waals surface area contributed by atoms with E-state index in [4.69, 9.17) is 0 Å². The molecule has 1 aromatic heterocycles. The van der Waals surface area contributed by atoms with Gasteiger partial charge < -0.3 is 10.3 Å². The summed E-state index contributed by atoms with van der Waals surface area (Å²) in [4.78, 5) is 19.7. The molecule has 0 spiro atoms. The number of nitrogens with zero attached hydrogens (tertiary/aromatic N) is 1. The van der Waals surface area contributed by atoms with Gasteiger partial charge in [-0.15, -0.1) is 0 Å². The zero-order valence-electron chi connectivity index (χ0n) is 12.1. The number of allylic oxidation sites excluding steroid dienone is 3. The zero-order valence-corrected chi connectivity index (χ0v) is 12.1. The molecule has 108 valence electrons. The molecule has 3 rings (SSSR count). The van der Waals surface area contributed by atoms with Crippen LogP contribution in [0.25, 0.3) is 11.0 Å². The minimum Gasteiger partial charge on any atom is -0.342 e. The Bertz CT molecular complexity index is 708. The van der Waals surface area contributed by atoms with Crippen LogP contribution in [0, 0.1) is 0 Å². The van der Waals surface area contributed by atoms with E-state index in [1.54, 1.807) is 6.08 Å². The first kappa shape index (κ1) is 13.6. The van der Waals surface area contributed by atoms with E-state index >= 15 is 0 Å². The molecule has 1 aliphatic carbocycles. The van der Waals surface area contributed by atoms with Gasteiger partial charge in [0.1, 0.15) is 5.82 Å². The van der Waals surface area contributed by atoms with E-state index in [0.29, 0.717) is 5.92 Å². The smallest absolute Gasteiger partial charge is 0.248 e. The number of amides is 1. The molecule has 1 saturated carbocycles. The van der Waals surface area contributed by atoms with Crippen molar-refractivity contribution < 1.29 is 4.79 Å². The van der Waals surface area contributed by atoms with E-state index in [9.17, 15) is 4.79 Å². The molecule has 1 heterocycles. The number of rotatable bonds is 4. The summed E-state index contributed by atoms with van der Waals surface area (Å²) in [5.41, 5.74) is 2.72. The third-order valence-corrected chi connectivity index (χ3v) is 3.81. The van der Waals surface area contributed by atoms with Gasteiger partial charge in [-0.2, -0.15) is 0 Å². The molecule has 0 aliphatic heterocycles. The van der Waals surface area contributed by atoms with Crippen LogP contribution >= 0.6 is 0 Å². The van der Waals surface area contributed by atoms with Crippen LogP contribution in [0.15, 0.2) is 42.5 Å². The van der Waals surface area contributed by atoms with E-state index in [1.165, 1.54) is 25.3 Å². The Morgan fingerprint density at radius 2 is 2.24 bits per heavy atom. The molecule has 0 unspecified atom stereocenters.